The third kappa shape index (κ3) is 3.33. The summed E-state index contributed by atoms with van der Waals surface area (Å²) in [5.74, 6) is 0.907. The van der Waals surface area contributed by atoms with E-state index in [1.807, 2.05) is 12.1 Å². The number of amides is 1. The van der Waals surface area contributed by atoms with E-state index in [4.69, 9.17) is 9.47 Å². The largest absolute Gasteiger partial charge is 0.482 e. The Balaban J connectivity index is 1.58. The average molecular weight is 315 g/mol. The first-order chi connectivity index (χ1) is 11.1. The van der Waals surface area contributed by atoms with Crippen LogP contribution < -0.4 is 20.3 Å². The number of benzene rings is 1. The van der Waals surface area contributed by atoms with E-state index in [0.29, 0.717) is 24.6 Å². The molecule has 120 valence electrons. The van der Waals surface area contributed by atoms with Crippen LogP contribution in [0.5, 0.6) is 11.5 Å². The van der Waals surface area contributed by atoms with E-state index in [1.165, 1.54) is 23.2 Å². The van der Waals surface area contributed by atoms with Gasteiger partial charge in [0.1, 0.15) is 6.10 Å². The lowest BCUT2D eigenvalue weighted by Gasteiger charge is -2.31. The predicted octanol–water partition coefficient (Wildman–Crippen LogP) is 0.588. The zero-order valence-corrected chi connectivity index (χ0v) is 12.6. The van der Waals surface area contributed by atoms with Crippen LogP contribution in [0, 0.1) is 0 Å². The number of carbonyl (C=O) groups excluding carboxylic acids is 1. The fourth-order valence-corrected chi connectivity index (χ4v) is 2.35. The Morgan fingerprint density at radius 2 is 2.00 bits per heavy atom. The highest BCUT2D eigenvalue weighted by Gasteiger charge is 2.33. The minimum Gasteiger partial charge on any atom is -0.482 e. The highest BCUT2D eigenvalue weighted by molar-refractivity contribution is 5.82. The lowest BCUT2D eigenvalue weighted by Crippen LogP contribution is -2.49. The normalized spacial score (nSPS) is 19.2. The number of rotatable bonds is 4. The SMILES string of the molecule is CC1Oc2ccccc2OC1C(=O)NCCn1cnccc1=O. The second kappa shape index (κ2) is 6.51. The molecule has 23 heavy (non-hydrogen) atoms. The van der Waals surface area contributed by atoms with Gasteiger partial charge in [0.2, 0.25) is 6.10 Å². The van der Waals surface area contributed by atoms with Gasteiger partial charge < -0.3 is 14.8 Å². The third-order valence-corrected chi connectivity index (χ3v) is 3.54. The predicted molar refractivity (Wildman–Crippen MR) is 82.5 cm³/mol. The Morgan fingerprint density at radius 3 is 2.74 bits per heavy atom. The van der Waals surface area contributed by atoms with Crippen LogP contribution in [0.4, 0.5) is 0 Å². The number of fused-ring (bicyclic) bond motifs is 1. The van der Waals surface area contributed by atoms with Gasteiger partial charge in [-0.3, -0.25) is 14.2 Å². The van der Waals surface area contributed by atoms with Crippen LogP contribution in [0.1, 0.15) is 6.92 Å². The summed E-state index contributed by atoms with van der Waals surface area (Å²) >= 11 is 0. The average Bonchev–Trinajstić information content (AvgIpc) is 2.56. The van der Waals surface area contributed by atoms with Gasteiger partial charge in [-0.2, -0.15) is 0 Å². The number of aromatic nitrogens is 2. The first-order valence-corrected chi connectivity index (χ1v) is 7.35. The topological polar surface area (TPSA) is 82.4 Å². The van der Waals surface area contributed by atoms with Gasteiger partial charge in [0.15, 0.2) is 11.5 Å². The number of nitrogens with zero attached hydrogens (tertiary/aromatic N) is 2. The Bertz CT molecular complexity index is 759. The quantitative estimate of drug-likeness (QED) is 0.893. The van der Waals surface area contributed by atoms with Gasteiger partial charge in [-0.05, 0) is 19.1 Å². The van der Waals surface area contributed by atoms with Crippen LogP contribution in [-0.4, -0.2) is 34.2 Å². The molecule has 1 aromatic carbocycles. The van der Waals surface area contributed by atoms with Crippen molar-refractivity contribution in [3.8, 4) is 11.5 Å². The molecule has 2 unspecified atom stereocenters. The highest BCUT2D eigenvalue weighted by atomic mass is 16.6. The summed E-state index contributed by atoms with van der Waals surface area (Å²) in [6.07, 6.45) is 1.75. The van der Waals surface area contributed by atoms with Crippen LogP contribution in [0.2, 0.25) is 0 Å². The third-order valence-electron chi connectivity index (χ3n) is 3.54. The summed E-state index contributed by atoms with van der Waals surface area (Å²) in [7, 11) is 0. The molecule has 1 aliphatic rings. The van der Waals surface area contributed by atoms with Crippen LogP contribution in [-0.2, 0) is 11.3 Å². The van der Waals surface area contributed by atoms with Crippen molar-refractivity contribution in [2.75, 3.05) is 6.54 Å². The summed E-state index contributed by atoms with van der Waals surface area (Å²) in [4.78, 5) is 27.7. The summed E-state index contributed by atoms with van der Waals surface area (Å²) in [6, 6.07) is 8.60. The van der Waals surface area contributed by atoms with Crippen molar-refractivity contribution in [1.29, 1.82) is 0 Å². The van der Waals surface area contributed by atoms with Crippen LogP contribution in [0.25, 0.3) is 0 Å². The molecule has 3 rings (SSSR count). The van der Waals surface area contributed by atoms with Gasteiger partial charge in [-0.1, -0.05) is 12.1 Å². The lowest BCUT2D eigenvalue weighted by atomic mass is 10.1. The number of hydrogen-bond donors (Lipinski definition) is 1. The van der Waals surface area contributed by atoms with Crippen molar-refractivity contribution in [3.63, 3.8) is 0 Å². The molecule has 2 atom stereocenters. The maximum absolute atomic E-state index is 12.3. The molecule has 0 fully saturated rings. The standard InChI is InChI=1S/C16H17N3O4/c1-11-15(23-13-5-3-2-4-12(13)22-11)16(21)18-8-9-19-10-17-7-6-14(19)20/h2-7,10-11,15H,8-9H2,1H3,(H,18,21). The van der Waals surface area contributed by atoms with Gasteiger partial charge in [-0.15, -0.1) is 0 Å². The van der Waals surface area contributed by atoms with Crippen molar-refractivity contribution in [2.24, 2.45) is 0 Å². The summed E-state index contributed by atoms with van der Waals surface area (Å²) < 4.78 is 12.8. The van der Waals surface area contributed by atoms with Crippen LogP contribution in [0.3, 0.4) is 0 Å². The van der Waals surface area contributed by atoms with E-state index in [2.05, 4.69) is 10.3 Å². The molecule has 0 aliphatic carbocycles. The molecule has 1 aromatic heterocycles. The second-order valence-corrected chi connectivity index (χ2v) is 5.21. The van der Waals surface area contributed by atoms with Crippen LogP contribution in [0.15, 0.2) is 47.7 Å². The smallest absolute Gasteiger partial charge is 0.265 e. The maximum atomic E-state index is 12.3. The second-order valence-electron chi connectivity index (χ2n) is 5.21. The van der Waals surface area contributed by atoms with E-state index >= 15 is 0 Å². The highest BCUT2D eigenvalue weighted by Crippen LogP contribution is 2.33. The van der Waals surface area contributed by atoms with Crippen molar-refractivity contribution in [2.45, 2.75) is 25.7 Å². The zero-order valence-electron chi connectivity index (χ0n) is 12.6. The first kappa shape index (κ1) is 15.1. The van der Waals surface area contributed by atoms with E-state index in [0.717, 1.165) is 0 Å². The van der Waals surface area contributed by atoms with Crippen molar-refractivity contribution in [3.05, 3.63) is 53.2 Å². The Morgan fingerprint density at radius 1 is 1.26 bits per heavy atom. The van der Waals surface area contributed by atoms with Crippen molar-refractivity contribution >= 4 is 5.91 Å². The number of ether oxygens (including phenoxy) is 2. The number of nitrogens with one attached hydrogen (secondary N) is 1. The molecule has 1 N–H and O–H groups in total. The molecule has 7 heteroatoms. The van der Waals surface area contributed by atoms with Gasteiger partial charge >= 0.3 is 0 Å². The molecule has 2 heterocycles. The molecule has 0 radical (unpaired) electrons. The number of para-hydroxylation sites is 2. The molecule has 1 amide bonds. The number of hydrogen-bond acceptors (Lipinski definition) is 5. The minimum atomic E-state index is -0.726. The molecular weight excluding hydrogens is 298 g/mol. The minimum absolute atomic E-state index is 0.159. The fourth-order valence-electron chi connectivity index (χ4n) is 2.35. The molecular formula is C16H17N3O4. The van der Waals surface area contributed by atoms with Gasteiger partial charge in [0, 0.05) is 25.4 Å². The van der Waals surface area contributed by atoms with Gasteiger partial charge in [-0.25, -0.2) is 4.98 Å². The monoisotopic (exact) mass is 315 g/mol. The van der Waals surface area contributed by atoms with E-state index in [1.54, 1.807) is 19.1 Å². The van der Waals surface area contributed by atoms with Gasteiger partial charge in [0.05, 0.1) is 6.33 Å². The molecule has 0 saturated heterocycles. The maximum Gasteiger partial charge on any atom is 0.265 e. The molecule has 0 bridgehead atoms. The fraction of sp³-hybridized carbons (Fsp3) is 0.312. The first-order valence-electron chi connectivity index (χ1n) is 7.35. The molecule has 1 aliphatic heterocycles. The Hall–Kier alpha value is -2.83. The molecule has 2 aromatic rings. The summed E-state index contributed by atoms with van der Waals surface area (Å²) in [6.45, 7) is 2.43. The molecule has 7 nitrogen and oxygen atoms in total. The summed E-state index contributed by atoms with van der Waals surface area (Å²) in [5.41, 5.74) is -0.159. The van der Waals surface area contributed by atoms with Crippen molar-refractivity contribution < 1.29 is 14.3 Å². The van der Waals surface area contributed by atoms with Crippen molar-refractivity contribution in [1.82, 2.24) is 14.9 Å². The summed E-state index contributed by atoms with van der Waals surface area (Å²) in [5, 5.41) is 2.76. The Labute approximate surface area is 132 Å². The number of carbonyl (C=O) groups is 1. The van der Waals surface area contributed by atoms with Crippen LogP contribution >= 0.6 is 0 Å². The zero-order chi connectivity index (χ0) is 16.2. The van der Waals surface area contributed by atoms with E-state index in [-0.39, 0.29) is 11.5 Å². The Kier molecular flexibility index (Phi) is 4.27. The lowest BCUT2D eigenvalue weighted by molar-refractivity contribution is -0.133. The molecule has 0 saturated carbocycles. The van der Waals surface area contributed by atoms with E-state index in [9.17, 15) is 9.59 Å². The molecule has 0 spiro atoms. The van der Waals surface area contributed by atoms with Gasteiger partial charge in [0.25, 0.3) is 11.5 Å². The van der Waals surface area contributed by atoms with E-state index < -0.39 is 12.2 Å².